The van der Waals surface area contributed by atoms with E-state index in [9.17, 15) is 64.9 Å². The largest absolute Gasteiger partial charge is 0.507 e. The van der Waals surface area contributed by atoms with Crippen LogP contribution in [0.15, 0.2) is 145 Å². The number of thiazole rings is 5. The van der Waals surface area contributed by atoms with Crippen molar-refractivity contribution in [3.8, 4) is 5.75 Å². The number of aromatic nitrogens is 6. The van der Waals surface area contributed by atoms with Crippen LogP contribution in [0.3, 0.4) is 0 Å². The number of phenols is 1. The van der Waals surface area contributed by atoms with Gasteiger partial charge in [-0.2, -0.15) is 0 Å². The maximum atomic E-state index is 11.4. The lowest BCUT2D eigenvalue weighted by atomic mass is 9.60. The number of pyridine rings is 1. The number of carbonyl (C=O) groups is 5. The van der Waals surface area contributed by atoms with E-state index in [-0.39, 0.29) is 77.4 Å². The first kappa shape index (κ1) is 116. The highest BCUT2D eigenvalue weighted by molar-refractivity contribution is 7.17. The van der Waals surface area contributed by atoms with Crippen LogP contribution >= 0.6 is 56.7 Å². The van der Waals surface area contributed by atoms with E-state index in [0.717, 1.165) is 142 Å². The van der Waals surface area contributed by atoms with E-state index in [1.165, 1.54) is 72.5 Å². The molecule has 0 saturated heterocycles. The molecule has 0 spiro atoms. The highest BCUT2D eigenvalue weighted by Crippen LogP contribution is 2.59. The molecule has 0 amide bonds. The number of ether oxygens (including phenoxy) is 1. The zero-order valence-corrected chi connectivity index (χ0v) is 97.2. The third kappa shape index (κ3) is 25.2. The van der Waals surface area contributed by atoms with Crippen molar-refractivity contribution in [1.29, 1.82) is 0 Å². The molecule has 32 heteroatoms. The molecule has 6 aliphatic rings. The number of oxime groups is 1. The second-order valence-electron chi connectivity index (χ2n) is 49.4. The Bertz CT molecular complexity index is 6640. The number of rotatable bonds is 29. The Morgan fingerprint density at radius 2 is 0.807 bits per heavy atom. The third-order valence-electron chi connectivity index (χ3n) is 30.5. The number of fused-ring (bicyclic) bond motifs is 5. The lowest BCUT2D eigenvalue weighted by molar-refractivity contribution is -0.0429. The van der Waals surface area contributed by atoms with Crippen LogP contribution in [0, 0.1) is 29.6 Å². The number of nitrogens with zero attached hydrogens (tertiary/aromatic N) is 12. The molecule has 6 aromatic heterocycles. The first-order valence-corrected chi connectivity index (χ1v) is 56.3. The van der Waals surface area contributed by atoms with Crippen LogP contribution in [-0.2, 0) is 65.4 Å². The maximum absolute atomic E-state index is 11.4. The molecule has 27 nitrogen and oxygen atoms in total. The number of aromatic hydroxyl groups is 1. The molecule has 5 aromatic carbocycles. The van der Waals surface area contributed by atoms with Crippen molar-refractivity contribution in [2.24, 2.45) is 34.7 Å². The van der Waals surface area contributed by atoms with Crippen molar-refractivity contribution in [3.05, 3.63) is 226 Å². The quantitative estimate of drug-likeness (QED) is 0.0155. The van der Waals surface area contributed by atoms with E-state index in [4.69, 9.17) is 29.7 Å². The van der Waals surface area contributed by atoms with Crippen LogP contribution in [0.2, 0.25) is 0 Å². The minimum absolute atomic E-state index is 0.00574. The molecule has 3 unspecified atom stereocenters. The Labute approximate surface area is 906 Å². The van der Waals surface area contributed by atoms with E-state index in [2.05, 4.69) is 250 Å². The van der Waals surface area contributed by atoms with Crippen LogP contribution in [-0.4, -0.2) is 164 Å². The first-order chi connectivity index (χ1) is 69.8. The van der Waals surface area contributed by atoms with Crippen molar-refractivity contribution in [2.45, 2.75) is 331 Å². The van der Waals surface area contributed by atoms with Gasteiger partial charge in [-0.15, -0.1) is 56.7 Å². The van der Waals surface area contributed by atoms with Gasteiger partial charge in [-0.25, -0.2) is 53.9 Å². The van der Waals surface area contributed by atoms with Gasteiger partial charge in [0.1, 0.15) is 17.1 Å². The van der Waals surface area contributed by atoms with Crippen molar-refractivity contribution in [3.63, 3.8) is 0 Å². The monoisotopic (exact) mass is 2140 g/mol. The SMILES string of the molecule is CC(C)CN(c1ccc(C(=O)O)c(O)c1)c1nc2c(s1)C(C)(C)CCC2(C)C.CC(C)CN(c1ccc(C(=O)O)cc1)c1nc2c(s1)C(C)(C)C/C(=N/O)C2(C)C.CC(C)CN(c1ccc(C(=O)O)cc1)c1nc2c(s1)C(C)(C)CC(C)(O)C2(C)C.CC(C)CN(c1ccc(C(=O)O)cc1)c1nc2c(s1)C(C)(C)CC(NCc1ccccc1)C2(C)C.COC1CC(C)(C)c2sc(N(CC3CC3)c3ccc(C(=O)O)cn3)nc2C1(C)C. The van der Waals surface area contributed by atoms with Crippen LogP contribution in [0.25, 0.3) is 0 Å². The molecule has 0 radical (unpaired) electrons. The number of carboxylic acids is 5. The van der Waals surface area contributed by atoms with Gasteiger partial charge in [-0.05, 0) is 204 Å². The van der Waals surface area contributed by atoms with Crippen molar-refractivity contribution in [2.75, 3.05) is 64.3 Å². The first-order valence-electron chi connectivity index (χ1n) is 52.2. The summed E-state index contributed by atoms with van der Waals surface area (Å²) in [5.41, 5.74) is 9.72. The van der Waals surface area contributed by atoms with E-state index in [1.807, 2.05) is 57.2 Å². The number of methoxy groups -OCH3 is 1. The summed E-state index contributed by atoms with van der Waals surface area (Å²) in [6, 6.07) is 40.1. The van der Waals surface area contributed by atoms with Gasteiger partial charge in [0.25, 0.3) is 0 Å². The predicted octanol–water partition coefficient (Wildman–Crippen LogP) is 28.0. The Morgan fingerprint density at radius 3 is 1.21 bits per heavy atom. The molecule has 11 aromatic rings. The van der Waals surface area contributed by atoms with Crippen molar-refractivity contribution >= 4 is 146 Å². The Balaban J connectivity index is 0.000000157. The summed E-state index contributed by atoms with van der Waals surface area (Å²) in [5, 5.41) is 89.1. The molecule has 9 N–H and O–H groups in total. The van der Waals surface area contributed by atoms with Crippen molar-refractivity contribution < 1.29 is 69.7 Å². The van der Waals surface area contributed by atoms with Gasteiger partial charge in [0, 0.05) is 166 Å². The molecule has 808 valence electrons. The summed E-state index contributed by atoms with van der Waals surface area (Å²) in [4.78, 5) is 103. The summed E-state index contributed by atoms with van der Waals surface area (Å²) in [6.45, 7) is 68.2. The molecular formula is C118H157N13O14S5. The fourth-order valence-corrected chi connectivity index (χ4v) is 27.6. The molecule has 150 heavy (non-hydrogen) atoms. The molecule has 3 atom stereocenters. The zero-order valence-electron chi connectivity index (χ0n) is 93.2. The minimum Gasteiger partial charge on any atom is -0.507 e. The van der Waals surface area contributed by atoms with E-state index in [0.29, 0.717) is 54.0 Å². The summed E-state index contributed by atoms with van der Waals surface area (Å²) < 4.78 is 5.85. The highest BCUT2D eigenvalue weighted by atomic mass is 32.1. The number of aromatic carboxylic acids is 5. The van der Waals surface area contributed by atoms with Gasteiger partial charge in [0.2, 0.25) is 0 Å². The predicted molar refractivity (Wildman–Crippen MR) is 610 cm³/mol. The van der Waals surface area contributed by atoms with Crippen LogP contribution in [0.4, 0.5) is 54.2 Å². The second kappa shape index (κ2) is 44.5. The van der Waals surface area contributed by atoms with E-state index < -0.39 is 46.3 Å². The van der Waals surface area contributed by atoms with Crippen LogP contribution < -0.4 is 29.8 Å². The van der Waals surface area contributed by atoms with Gasteiger partial charge in [0.15, 0.2) is 25.7 Å². The van der Waals surface area contributed by atoms with Gasteiger partial charge < -0.3 is 75.5 Å². The lowest BCUT2D eigenvalue weighted by Crippen LogP contribution is -2.53. The summed E-state index contributed by atoms with van der Waals surface area (Å²) in [5.74, 6) is -2.08. The second-order valence-corrected chi connectivity index (χ2v) is 54.3. The molecular weight excluding hydrogens is 1980 g/mol. The molecule has 0 aliphatic heterocycles. The molecule has 17 rings (SSSR count). The molecule has 0 bridgehead atoms. The zero-order chi connectivity index (χ0) is 111. The summed E-state index contributed by atoms with van der Waals surface area (Å²) in [6.07, 6.45) is 9.58. The molecule has 1 saturated carbocycles. The smallest absolute Gasteiger partial charge is 0.339 e. The maximum Gasteiger partial charge on any atom is 0.339 e. The number of benzene rings is 5. The standard InChI is InChI=1S/C29H37N3O2S.C23H32N2O3S.2C22H29N3O3S.C22H30N2O3S/c1-19(2)18-32(22-14-12-21(13-15-22)26(33)34)27-31-24-25(35-27)28(3,4)16-23(29(24,5)6)30-17-20-10-8-7-9-11-20;1-14(2)12-25(16-10-8-15(9-11-16)19(26)27)20-24-17-18(29-20)21(3,4)13-23(7,28)22(17,5)6;1-21(2)10-15(28-5)22(3,4)17-18(21)29-20(24-17)25(12-13-6-7-13)16-9-8-14(11-23-16)19(26)27;1-13(2)12-25(15-9-7-14(8-10-15)19(26)27)20-23-17-18(29-20)21(3,4)11-16(24-28)22(17,5)6;1-13(2)12-24(14-7-8-15(19(26)27)16(25)11-14)20-23-17-18(28-20)22(5,6)10-9-21(17,3)4/h7-15,19,23,30H,16-18H2,1-6H3,(H,33,34);8-11,14,28H,12-13H2,1-7H3,(H,26,27);8-9,11,13,15H,6-7,10,12H2,1-5H3,(H,26,27);7-10,13,28H,11-12H2,1-6H3,(H,26,27);7-8,11,13,25H,9-10,12H2,1-6H3,(H,26,27)/b;;;24-16-;. The molecule has 6 aliphatic carbocycles. The summed E-state index contributed by atoms with van der Waals surface area (Å²) >= 11 is 8.62. The lowest BCUT2D eigenvalue weighted by Gasteiger charge is -2.49. The van der Waals surface area contributed by atoms with E-state index in [1.54, 1.807) is 118 Å². The van der Waals surface area contributed by atoms with Gasteiger partial charge >= 0.3 is 29.8 Å². The number of aliphatic hydroxyl groups is 1. The fourth-order valence-electron chi connectivity index (χ4n) is 20.8. The Hall–Kier alpha value is -11.1. The highest BCUT2D eigenvalue weighted by Gasteiger charge is 2.55. The average Bonchev–Trinajstić information content (AvgIpc) is 1.54. The third-order valence-corrected chi connectivity index (χ3v) is 37.7. The van der Waals surface area contributed by atoms with Crippen LogP contribution in [0.5, 0.6) is 5.75 Å². The Morgan fingerprint density at radius 1 is 0.427 bits per heavy atom. The number of nitrogens with one attached hydrogen (secondary N) is 1. The normalized spacial score (nSPS) is 19.7. The van der Waals surface area contributed by atoms with Crippen molar-refractivity contribution in [1.82, 2.24) is 35.2 Å². The molecule has 6 heterocycles. The number of anilines is 10. The van der Waals surface area contributed by atoms with Crippen LogP contribution in [0.1, 0.15) is 362 Å². The Kier molecular flexibility index (Phi) is 34.4. The number of hydrogen-bond acceptors (Lipinski definition) is 27. The fraction of sp³-hybridized carbons (Fsp3) is 0.525. The van der Waals surface area contributed by atoms with Gasteiger partial charge in [-0.3, -0.25) is 0 Å². The number of hydrogen-bond donors (Lipinski definition) is 9. The minimum atomic E-state index is -1.13. The van der Waals surface area contributed by atoms with Gasteiger partial charge in [-0.1, -0.05) is 216 Å². The van der Waals surface area contributed by atoms with E-state index >= 15 is 0 Å². The summed E-state index contributed by atoms with van der Waals surface area (Å²) in [7, 11) is 1.79. The topological polar surface area (TPSA) is 374 Å². The number of carboxylic acid groups (broad SMARTS) is 5. The molecule has 1 fully saturated rings. The van der Waals surface area contributed by atoms with Gasteiger partial charge in [0.05, 0.1) is 68.1 Å². The average molecular weight is 2140 g/mol.